The second-order valence-corrected chi connectivity index (χ2v) is 7.91. The molecule has 4 nitrogen and oxygen atoms in total. The van der Waals surface area contributed by atoms with Gasteiger partial charge in [0.25, 0.3) is 5.91 Å². The Bertz CT molecular complexity index is 790. The van der Waals surface area contributed by atoms with Crippen molar-refractivity contribution in [3.63, 3.8) is 0 Å². The summed E-state index contributed by atoms with van der Waals surface area (Å²) in [6.07, 6.45) is 5.91. The lowest BCUT2D eigenvalue weighted by molar-refractivity contribution is 0.0921. The van der Waals surface area contributed by atoms with E-state index in [4.69, 9.17) is 0 Å². The van der Waals surface area contributed by atoms with Crippen LogP contribution < -0.4 is 5.32 Å². The summed E-state index contributed by atoms with van der Waals surface area (Å²) in [5, 5.41) is 7.79. The summed E-state index contributed by atoms with van der Waals surface area (Å²) in [7, 11) is 1.94. The molecule has 0 saturated heterocycles. The number of amides is 1. The zero-order valence-corrected chi connectivity index (χ0v) is 15.1. The van der Waals surface area contributed by atoms with Crippen LogP contribution in [0.4, 0.5) is 0 Å². The third kappa shape index (κ3) is 2.75. The van der Waals surface area contributed by atoms with E-state index in [0.29, 0.717) is 11.7 Å². The number of aryl methyl sites for hydroxylation is 2. The molecule has 1 fully saturated rings. The summed E-state index contributed by atoms with van der Waals surface area (Å²) in [5.41, 5.74) is 5.22. The second-order valence-electron chi connectivity index (χ2n) is 6.90. The van der Waals surface area contributed by atoms with Crippen LogP contribution in [0.3, 0.4) is 0 Å². The van der Waals surface area contributed by atoms with Crippen molar-refractivity contribution in [1.29, 1.82) is 0 Å². The van der Waals surface area contributed by atoms with Gasteiger partial charge in [-0.3, -0.25) is 9.48 Å². The first-order valence-corrected chi connectivity index (χ1v) is 9.72. The fourth-order valence-corrected chi connectivity index (χ4v) is 4.88. The summed E-state index contributed by atoms with van der Waals surface area (Å²) in [6, 6.07) is 6.83. The normalized spacial score (nSPS) is 17.2. The Morgan fingerprint density at radius 2 is 2.08 bits per heavy atom. The maximum Gasteiger partial charge on any atom is 0.272 e. The molecule has 1 aromatic carbocycles. The molecular formula is C19H23N3OS. The van der Waals surface area contributed by atoms with Gasteiger partial charge in [-0.05, 0) is 31.9 Å². The molecule has 0 atom stereocenters. The molecule has 2 aliphatic rings. The first kappa shape index (κ1) is 15.8. The zero-order chi connectivity index (χ0) is 16.7. The van der Waals surface area contributed by atoms with Crippen molar-refractivity contribution in [3.05, 3.63) is 35.0 Å². The van der Waals surface area contributed by atoms with Gasteiger partial charge in [0.05, 0.1) is 5.69 Å². The first-order valence-electron chi connectivity index (χ1n) is 8.74. The number of nitrogens with zero attached hydrogens (tertiary/aromatic N) is 2. The second kappa shape index (κ2) is 6.28. The van der Waals surface area contributed by atoms with Crippen LogP contribution in [0.1, 0.15) is 53.7 Å². The fraction of sp³-hybridized carbons (Fsp3) is 0.474. The molecule has 1 amide bonds. The van der Waals surface area contributed by atoms with Gasteiger partial charge >= 0.3 is 0 Å². The van der Waals surface area contributed by atoms with Crippen LogP contribution in [0.25, 0.3) is 11.3 Å². The van der Waals surface area contributed by atoms with Gasteiger partial charge in [-0.15, -0.1) is 11.8 Å². The highest BCUT2D eigenvalue weighted by molar-refractivity contribution is 7.98. The number of carbonyl (C=O) groups is 1. The lowest BCUT2D eigenvalue weighted by Crippen LogP contribution is -2.36. The van der Waals surface area contributed by atoms with E-state index in [1.165, 1.54) is 35.3 Å². The fourth-order valence-electron chi connectivity index (χ4n) is 3.83. The Morgan fingerprint density at radius 1 is 1.29 bits per heavy atom. The summed E-state index contributed by atoms with van der Waals surface area (Å²) in [6.45, 7) is 2.10. The average Bonchev–Trinajstić information content (AvgIpc) is 2.93. The summed E-state index contributed by atoms with van der Waals surface area (Å²) in [5.74, 6) is 0.808. The standard InChI is InChI=1S/C19H23N3OS/c1-12-8-9-16-14(10-12)18-15(11-24-16)17(21-22(18)2)19(23)20-13-6-4-3-5-7-13/h8-10,13H,3-7,11H2,1-2H3,(H,20,23). The van der Waals surface area contributed by atoms with Crippen molar-refractivity contribution in [2.24, 2.45) is 7.05 Å². The maximum atomic E-state index is 12.8. The van der Waals surface area contributed by atoms with E-state index in [1.54, 1.807) is 11.8 Å². The number of rotatable bonds is 2. The Morgan fingerprint density at radius 3 is 2.88 bits per heavy atom. The topological polar surface area (TPSA) is 46.9 Å². The number of aromatic nitrogens is 2. The van der Waals surface area contributed by atoms with Crippen LogP contribution in [0, 0.1) is 6.92 Å². The van der Waals surface area contributed by atoms with Crippen molar-refractivity contribution in [2.45, 2.75) is 55.7 Å². The molecule has 0 bridgehead atoms. The zero-order valence-electron chi connectivity index (χ0n) is 14.3. The smallest absolute Gasteiger partial charge is 0.272 e. The molecular weight excluding hydrogens is 318 g/mol. The number of thioether (sulfide) groups is 1. The van der Waals surface area contributed by atoms with Gasteiger partial charge in [0, 0.05) is 34.9 Å². The van der Waals surface area contributed by atoms with Crippen LogP contribution in [0.2, 0.25) is 0 Å². The van der Waals surface area contributed by atoms with E-state index in [2.05, 4.69) is 35.5 Å². The largest absolute Gasteiger partial charge is 0.348 e. The number of carbonyl (C=O) groups excluding carboxylic acids is 1. The molecule has 4 rings (SSSR count). The highest BCUT2D eigenvalue weighted by Gasteiger charge is 2.28. The van der Waals surface area contributed by atoms with E-state index in [9.17, 15) is 4.79 Å². The molecule has 1 saturated carbocycles. The van der Waals surface area contributed by atoms with Crippen LogP contribution in [0.5, 0.6) is 0 Å². The number of benzene rings is 1. The molecule has 2 aromatic rings. The summed E-state index contributed by atoms with van der Waals surface area (Å²) < 4.78 is 1.88. The number of hydrogen-bond donors (Lipinski definition) is 1. The first-order chi connectivity index (χ1) is 11.6. The van der Waals surface area contributed by atoms with Crippen molar-refractivity contribution < 1.29 is 4.79 Å². The molecule has 1 aromatic heterocycles. The molecule has 24 heavy (non-hydrogen) atoms. The van der Waals surface area contributed by atoms with E-state index >= 15 is 0 Å². The average molecular weight is 341 g/mol. The van der Waals surface area contributed by atoms with Crippen molar-refractivity contribution >= 4 is 17.7 Å². The third-order valence-electron chi connectivity index (χ3n) is 5.06. The van der Waals surface area contributed by atoms with E-state index in [1.807, 2.05) is 11.7 Å². The molecule has 0 unspecified atom stereocenters. The monoisotopic (exact) mass is 341 g/mol. The van der Waals surface area contributed by atoms with Crippen LogP contribution in [0.15, 0.2) is 23.1 Å². The SMILES string of the molecule is Cc1ccc2c(c1)-c1c(c(C(=O)NC3CCCCC3)nn1C)CS2. The Balaban J connectivity index is 1.67. The van der Waals surface area contributed by atoms with E-state index in [-0.39, 0.29) is 5.91 Å². The molecule has 1 aliphatic heterocycles. The summed E-state index contributed by atoms with van der Waals surface area (Å²) >= 11 is 1.80. The van der Waals surface area contributed by atoms with Crippen molar-refractivity contribution in [2.75, 3.05) is 0 Å². The maximum absolute atomic E-state index is 12.8. The predicted molar refractivity (Wildman–Crippen MR) is 97.3 cm³/mol. The molecule has 0 radical (unpaired) electrons. The highest BCUT2D eigenvalue weighted by Crippen LogP contribution is 2.42. The van der Waals surface area contributed by atoms with Crippen LogP contribution in [-0.2, 0) is 12.8 Å². The van der Waals surface area contributed by atoms with Gasteiger partial charge in [0.15, 0.2) is 5.69 Å². The van der Waals surface area contributed by atoms with Gasteiger partial charge < -0.3 is 5.32 Å². The van der Waals surface area contributed by atoms with Crippen LogP contribution in [-0.4, -0.2) is 21.7 Å². The molecule has 126 valence electrons. The minimum absolute atomic E-state index is 0.00421. The molecule has 1 aliphatic carbocycles. The van der Waals surface area contributed by atoms with Gasteiger partial charge in [0.1, 0.15) is 0 Å². The Labute approximate surface area is 147 Å². The van der Waals surface area contributed by atoms with Gasteiger partial charge in [-0.2, -0.15) is 5.10 Å². The lowest BCUT2D eigenvalue weighted by Gasteiger charge is -2.22. The quantitative estimate of drug-likeness (QED) is 0.896. The molecule has 1 N–H and O–H groups in total. The molecule has 5 heteroatoms. The van der Waals surface area contributed by atoms with E-state index < -0.39 is 0 Å². The van der Waals surface area contributed by atoms with Gasteiger partial charge in [-0.1, -0.05) is 30.9 Å². The number of hydrogen-bond acceptors (Lipinski definition) is 3. The lowest BCUT2D eigenvalue weighted by atomic mass is 9.95. The minimum Gasteiger partial charge on any atom is -0.348 e. The molecule has 0 spiro atoms. The van der Waals surface area contributed by atoms with Crippen molar-refractivity contribution in [1.82, 2.24) is 15.1 Å². The van der Waals surface area contributed by atoms with Crippen LogP contribution >= 0.6 is 11.8 Å². The number of nitrogens with one attached hydrogen (secondary N) is 1. The van der Waals surface area contributed by atoms with Gasteiger partial charge in [0.2, 0.25) is 0 Å². The van der Waals surface area contributed by atoms with Gasteiger partial charge in [-0.25, -0.2) is 0 Å². The summed E-state index contributed by atoms with van der Waals surface area (Å²) in [4.78, 5) is 14.1. The highest BCUT2D eigenvalue weighted by atomic mass is 32.2. The Hall–Kier alpha value is -1.75. The molecule has 2 heterocycles. The number of fused-ring (bicyclic) bond motifs is 3. The van der Waals surface area contributed by atoms with E-state index in [0.717, 1.165) is 29.9 Å². The minimum atomic E-state index is -0.00421. The third-order valence-corrected chi connectivity index (χ3v) is 6.16. The Kier molecular flexibility index (Phi) is 4.12. The van der Waals surface area contributed by atoms with Crippen molar-refractivity contribution in [3.8, 4) is 11.3 Å². The predicted octanol–water partition coefficient (Wildman–Crippen LogP) is 4.06.